The molecule has 3 rings (SSSR count). The number of hydrogen-bond acceptors (Lipinski definition) is 3. The van der Waals surface area contributed by atoms with Crippen LogP contribution in [0.3, 0.4) is 0 Å². The fraction of sp³-hybridized carbons (Fsp3) is 0.154. The summed E-state index contributed by atoms with van der Waals surface area (Å²) in [6, 6.07) is 5.83. The number of aromatic nitrogens is 2. The maximum absolute atomic E-state index is 13.7. The highest BCUT2D eigenvalue weighted by atomic mass is 32.1. The van der Waals surface area contributed by atoms with Crippen molar-refractivity contribution in [1.82, 2.24) is 9.55 Å². The Kier molecular flexibility index (Phi) is 2.74. The molecular formula is C13H11F2N3S. The van der Waals surface area contributed by atoms with Crippen LogP contribution < -0.4 is 5.73 Å². The molecule has 3 nitrogen and oxygen atoms in total. The third-order valence-corrected chi connectivity index (χ3v) is 4.13. The fourth-order valence-corrected chi connectivity index (χ4v) is 2.98. The highest BCUT2D eigenvalue weighted by molar-refractivity contribution is 7.10. The first-order chi connectivity index (χ1) is 9.08. The number of anilines is 1. The molecule has 0 fully saturated rings. The van der Waals surface area contributed by atoms with E-state index in [2.05, 4.69) is 4.98 Å². The van der Waals surface area contributed by atoms with E-state index in [4.69, 9.17) is 5.73 Å². The normalized spacial score (nSPS) is 13.0. The quantitative estimate of drug-likeness (QED) is 0.779. The van der Waals surface area contributed by atoms with Gasteiger partial charge < -0.3 is 10.3 Å². The topological polar surface area (TPSA) is 43.8 Å². The van der Waals surface area contributed by atoms with Crippen LogP contribution in [0.15, 0.2) is 29.6 Å². The Morgan fingerprint density at radius 1 is 1.37 bits per heavy atom. The van der Waals surface area contributed by atoms with E-state index in [9.17, 15) is 8.78 Å². The number of hydrogen-bond donors (Lipinski definition) is 1. The number of nitrogens with two attached hydrogens (primary N) is 1. The van der Waals surface area contributed by atoms with Gasteiger partial charge in [0.05, 0.1) is 11.6 Å². The molecule has 1 unspecified atom stereocenters. The number of nitrogen functional groups attached to an aromatic ring is 1. The molecule has 0 saturated carbocycles. The Morgan fingerprint density at radius 3 is 2.84 bits per heavy atom. The summed E-state index contributed by atoms with van der Waals surface area (Å²) in [5.74, 6) is -1.15. The molecule has 1 atom stereocenters. The van der Waals surface area contributed by atoms with E-state index in [0.29, 0.717) is 5.52 Å². The zero-order valence-electron chi connectivity index (χ0n) is 10.1. The standard InChI is InChI=1S/C13H11F2N3S/c1-7(11-3-2-4-19-11)18-10-6-8(14)5-9(15)12(10)17-13(18)16/h2-7H,1H3,(H2,16,17). The lowest BCUT2D eigenvalue weighted by Crippen LogP contribution is -2.09. The van der Waals surface area contributed by atoms with Crippen LogP contribution in [0.1, 0.15) is 17.8 Å². The van der Waals surface area contributed by atoms with Crippen molar-refractivity contribution in [3.63, 3.8) is 0 Å². The van der Waals surface area contributed by atoms with Crippen molar-refractivity contribution in [1.29, 1.82) is 0 Å². The Hall–Kier alpha value is -1.95. The van der Waals surface area contributed by atoms with E-state index in [1.165, 1.54) is 6.07 Å². The average molecular weight is 279 g/mol. The number of benzene rings is 1. The number of fused-ring (bicyclic) bond motifs is 1. The van der Waals surface area contributed by atoms with E-state index < -0.39 is 11.6 Å². The van der Waals surface area contributed by atoms with Crippen LogP contribution >= 0.6 is 11.3 Å². The zero-order valence-corrected chi connectivity index (χ0v) is 10.9. The van der Waals surface area contributed by atoms with E-state index in [0.717, 1.165) is 10.9 Å². The molecule has 0 aliphatic heterocycles. The molecule has 0 aliphatic carbocycles. The predicted molar refractivity (Wildman–Crippen MR) is 72.2 cm³/mol. The molecule has 2 N–H and O–H groups in total. The van der Waals surface area contributed by atoms with Gasteiger partial charge in [-0.25, -0.2) is 13.8 Å². The Balaban J connectivity index is 2.26. The number of imidazole rings is 1. The van der Waals surface area contributed by atoms with Crippen LogP contribution in [0.5, 0.6) is 0 Å². The van der Waals surface area contributed by atoms with E-state index in [-0.39, 0.29) is 17.5 Å². The van der Waals surface area contributed by atoms with Gasteiger partial charge in [0.2, 0.25) is 5.95 Å². The molecule has 3 aromatic rings. The minimum absolute atomic E-state index is 0.0994. The van der Waals surface area contributed by atoms with Gasteiger partial charge in [-0.1, -0.05) is 6.07 Å². The smallest absolute Gasteiger partial charge is 0.201 e. The second kappa shape index (κ2) is 4.31. The van der Waals surface area contributed by atoms with Crippen molar-refractivity contribution in [2.45, 2.75) is 13.0 Å². The Labute approximate surface area is 112 Å². The summed E-state index contributed by atoms with van der Waals surface area (Å²) in [5, 5.41) is 1.95. The lowest BCUT2D eigenvalue weighted by Gasteiger charge is -2.14. The summed E-state index contributed by atoms with van der Waals surface area (Å²) in [4.78, 5) is 5.04. The highest BCUT2D eigenvalue weighted by Crippen LogP contribution is 2.30. The highest BCUT2D eigenvalue weighted by Gasteiger charge is 2.19. The Bertz CT molecular complexity index is 734. The lowest BCUT2D eigenvalue weighted by molar-refractivity contribution is 0.589. The third-order valence-electron chi connectivity index (χ3n) is 3.08. The number of halogens is 2. The predicted octanol–water partition coefficient (Wildman–Crippen LogP) is 3.57. The second-order valence-electron chi connectivity index (χ2n) is 4.29. The maximum Gasteiger partial charge on any atom is 0.201 e. The van der Waals surface area contributed by atoms with Gasteiger partial charge in [-0.3, -0.25) is 0 Å². The van der Waals surface area contributed by atoms with Gasteiger partial charge in [-0.15, -0.1) is 11.3 Å². The van der Waals surface area contributed by atoms with Crippen molar-refractivity contribution in [2.24, 2.45) is 0 Å². The van der Waals surface area contributed by atoms with Crippen molar-refractivity contribution in [3.8, 4) is 0 Å². The average Bonchev–Trinajstić information content (AvgIpc) is 2.95. The number of nitrogens with zero attached hydrogens (tertiary/aromatic N) is 2. The van der Waals surface area contributed by atoms with Crippen molar-refractivity contribution in [3.05, 3.63) is 46.2 Å². The van der Waals surface area contributed by atoms with Crippen molar-refractivity contribution < 1.29 is 8.78 Å². The molecule has 0 bridgehead atoms. The third kappa shape index (κ3) is 1.88. The molecule has 0 aliphatic rings. The van der Waals surface area contributed by atoms with Crippen LogP contribution in [0, 0.1) is 11.6 Å². The zero-order chi connectivity index (χ0) is 13.6. The molecule has 2 heterocycles. The van der Waals surface area contributed by atoms with Gasteiger partial charge >= 0.3 is 0 Å². The monoisotopic (exact) mass is 279 g/mol. The summed E-state index contributed by atoms with van der Waals surface area (Å²) in [7, 11) is 0. The van der Waals surface area contributed by atoms with Crippen LogP contribution in [0.2, 0.25) is 0 Å². The molecular weight excluding hydrogens is 268 g/mol. The van der Waals surface area contributed by atoms with E-state index in [1.54, 1.807) is 15.9 Å². The molecule has 0 saturated heterocycles. The fourth-order valence-electron chi connectivity index (χ4n) is 2.20. The number of rotatable bonds is 2. The van der Waals surface area contributed by atoms with Gasteiger partial charge in [-0.2, -0.15) is 0 Å². The lowest BCUT2D eigenvalue weighted by atomic mass is 10.2. The molecule has 19 heavy (non-hydrogen) atoms. The first-order valence-corrected chi connectivity index (χ1v) is 6.61. The first kappa shape index (κ1) is 12.1. The second-order valence-corrected chi connectivity index (χ2v) is 5.27. The summed E-state index contributed by atoms with van der Waals surface area (Å²) in [6.45, 7) is 1.92. The van der Waals surface area contributed by atoms with Gasteiger partial charge in [0, 0.05) is 17.0 Å². The van der Waals surface area contributed by atoms with Gasteiger partial charge in [0.15, 0.2) is 5.82 Å². The molecule has 2 aromatic heterocycles. The van der Waals surface area contributed by atoms with Crippen LogP contribution in [-0.4, -0.2) is 9.55 Å². The molecule has 6 heteroatoms. The molecule has 0 spiro atoms. The summed E-state index contributed by atoms with van der Waals surface area (Å²) >= 11 is 1.56. The Morgan fingerprint density at radius 2 is 2.16 bits per heavy atom. The van der Waals surface area contributed by atoms with E-state index >= 15 is 0 Å². The van der Waals surface area contributed by atoms with Gasteiger partial charge in [-0.05, 0) is 18.4 Å². The molecule has 0 radical (unpaired) electrons. The SMILES string of the molecule is CC(c1cccs1)n1c(N)nc2c(F)cc(F)cc21. The van der Waals surface area contributed by atoms with Crippen LogP contribution in [0.4, 0.5) is 14.7 Å². The minimum Gasteiger partial charge on any atom is -0.369 e. The van der Waals surface area contributed by atoms with Crippen molar-refractivity contribution in [2.75, 3.05) is 5.73 Å². The first-order valence-electron chi connectivity index (χ1n) is 5.74. The van der Waals surface area contributed by atoms with Gasteiger partial charge in [0.1, 0.15) is 11.3 Å². The van der Waals surface area contributed by atoms with Crippen LogP contribution in [-0.2, 0) is 0 Å². The minimum atomic E-state index is -0.696. The maximum atomic E-state index is 13.7. The van der Waals surface area contributed by atoms with Gasteiger partial charge in [0.25, 0.3) is 0 Å². The summed E-state index contributed by atoms with van der Waals surface area (Å²) in [6.07, 6.45) is 0. The largest absolute Gasteiger partial charge is 0.369 e. The molecule has 98 valence electrons. The number of thiophene rings is 1. The van der Waals surface area contributed by atoms with E-state index in [1.807, 2.05) is 24.4 Å². The summed E-state index contributed by atoms with van der Waals surface area (Å²) < 4.78 is 28.7. The van der Waals surface area contributed by atoms with Crippen molar-refractivity contribution >= 4 is 28.3 Å². The molecule has 1 aromatic carbocycles. The van der Waals surface area contributed by atoms with Crippen LogP contribution in [0.25, 0.3) is 11.0 Å². The summed E-state index contributed by atoms with van der Waals surface area (Å²) in [5.41, 5.74) is 6.32. The molecule has 0 amide bonds.